The monoisotopic (exact) mass is 610 g/mol. The maximum atomic E-state index is 5.60. The second kappa shape index (κ2) is 9.42. The van der Waals surface area contributed by atoms with E-state index in [1.807, 2.05) is 0 Å². The molecule has 0 spiro atoms. The number of benzene rings is 4. The van der Waals surface area contributed by atoms with Crippen LogP contribution in [-0.4, -0.2) is 18.8 Å². The highest BCUT2D eigenvalue weighted by atomic mass is 15.0. The molecule has 8 aromatic rings. The first-order valence-corrected chi connectivity index (χ1v) is 16.6. The van der Waals surface area contributed by atoms with Crippen LogP contribution in [0.25, 0.3) is 44.0 Å². The Morgan fingerprint density at radius 3 is 1.36 bits per heavy atom. The Bertz CT molecular complexity index is 2370. The van der Waals surface area contributed by atoms with E-state index < -0.39 is 5.41 Å². The number of hydrogen-bond acceptors (Lipinski definition) is 2. The zero-order valence-electron chi connectivity index (χ0n) is 27.8. The third-order valence-electron chi connectivity index (χ3n) is 10.3. The van der Waals surface area contributed by atoms with Crippen LogP contribution < -0.4 is 0 Å². The molecule has 0 atom stereocenters. The molecule has 0 saturated carbocycles. The minimum atomic E-state index is -0.743. The average molecular weight is 611 g/mol. The van der Waals surface area contributed by atoms with Crippen molar-refractivity contribution in [3.05, 3.63) is 155 Å². The van der Waals surface area contributed by atoms with E-state index in [1.54, 1.807) is 0 Å². The van der Waals surface area contributed by atoms with Gasteiger partial charge in [0.15, 0.2) is 0 Å². The minimum Gasteiger partial charge on any atom is -0.306 e. The van der Waals surface area contributed by atoms with Gasteiger partial charge in [-0.2, -0.15) is 0 Å². The Hall–Kier alpha value is -5.22. The Morgan fingerprint density at radius 2 is 0.936 bits per heavy atom. The van der Waals surface area contributed by atoms with E-state index >= 15 is 0 Å². The molecule has 4 aromatic heterocycles. The fourth-order valence-corrected chi connectivity index (χ4v) is 7.73. The molecule has 4 heterocycles. The van der Waals surface area contributed by atoms with Gasteiger partial charge < -0.3 is 8.80 Å². The lowest BCUT2D eigenvalue weighted by molar-refractivity contribution is 0.585. The second-order valence-electron chi connectivity index (χ2n) is 15.3. The van der Waals surface area contributed by atoms with Crippen molar-refractivity contribution in [2.75, 3.05) is 0 Å². The van der Waals surface area contributed by atoms with Gasteiger partial charge in [0.05, 0.1) is 11.4 Å². The van der Waals surface area contributed by atoms with Crippen LogP contribution in [0.2, 0.25) is 0 Å². The first kappa shape index (κ1) is 28.0. The van der Waals surface area contributed by atoms with E-state index in [-0.39, 0.29) is 10.8 Å². The Labute approximate surface area is 275 Å². The summed E-state index contributed by atoms with van der Waals surface area (Å²) >= 11 is 0. The third kappa shape index (κ3) is 3.94. The molecule has 4 nitrogen and oxygen atoms in total. The Kier molecular flexibility index (Phi) is 5.62. The van der Waals surface area contributed by atoms with Crippen LogP contribution in [0.5, 0.6) is 0 Å². The highest BCUT2D eigenvalue weighted by Crippen LogP contribution is 2.57. The molecular weight excluding hydrogens is 573 g/mol. The Balaban J connectivity index is 1.47. The number of aromatic nitrogens is 4. The number of fused-ring (bicyclic) bond motifs is 9. The zero-order chi connectivity index (χ0) is 32.3. The normalized spacial score (nSPS) is 14.3. The predicted octanol–water partition coefficient (Wildman–Crippen LogP) is 10.2. The molecule has 4 heteroatoms. The van der Waals surface area contributed by atoms with Crippen molar-refractivity contribution in [1.82, 2.24) is 18.8 Å². The fourth-order valence-electron chi connectivity index (χ4n) is 7.73. The summed E-state index contributed by atoms with van der Waals surface area (Å²) in [7, 11) is 0. The van der Waals surface area contributed by atoms with E-state index in [2.05, 4.69) is 172 Å². The van der Waals surface area contributed by atoms with Crippen molar-refractivity contribution in [2.45, 2.75) is 57.8 Å². The summed E-state index contributed by atoms with van der Waals surface area (Å²) in [5, 5.41) is 4.65. The fraction of sp³-hybridized carbons (Fsp3) is 0.209. The molecule has 230 valence electrons. The van der Waals surface area contributed by atoms with E-state index in [0.717, 1.165) is 33.5 Å². The number of rotatable bonds is 2. The average Bonchev–Trinajstić information content (AvgIpc) is 3.76. The smallest absolute Gasteiger partial charge is 0.144 e. The van der Waals surface area contributed by atoms with Crippen molar-refractivity contribution in [1.29, 1.82) is 0 Å². The van der Waals surface area contributed by atoms with Crippen molar-refractivity contribution >= 4 is 32.8 Å². The van der Waals surface area contributed by atoms with Crippen LogP contribution in [0.3, 0.4) is 0 Å². The molecular formula is C43H38N4. The summed E-state index contributed by atoms with van der Waals surface area (Å²) in [5.41, 5.74) is 10.7. The van der Waals surface area contributed by atoms with E-state index in [9.17, 15) is 0 Å². The van der Waals surface area contributed by atoms with Gasteiger partial charge in [-0.05, 0) is 67.1 Å². The molecule has 0 aliphatic heterocycles. The predicted molar refractivity (Wildman–Crippen MR) is 194 cm³/mol. The van der Waals surface area contributed by atoms with Crippen molar-refractivity contribution in [3.63, 3.8) is 0 Å². The molecule has 0 saturated heterocycles. The van der Waals surface area contributed by atoms with Gasteiger partial charge in [-0.1, -0.05) is 126 Å². The summed E-state index contributed by atoms with van der Waals surface area (Å²) in [4.78, 5) is 11.2. The Morgan fingerprint density at radius 1 is 0.511 bits per heavy atom. The first-order chi connectivity index (χ1) is 22.5. The van der Waals surface area contributed by atoms with E-state index in [0.29, 0.717) is 0 Å². The van der Waals surface area contributed by atoms with Crippen molar-refractivity contribution < 1.29 is 0 Å². The number of imidazole rings is 2. The summed E-state index contributed by atoms with van der Waals surface area (Å²) in [6.45, 7) is 13.8. The maximum absolute atomic E-state index is 5.60. The van der Waals surface area contributed by atoms with Gasteiger partial charge in [-0.15, -0.1) is 0 Å². The number of pyridine rings is 2. The highest BCUT2D eigenvalue weighted by molar-refractivity contribution is 5.96. The van der Waals surface area contributed by atoms with Gasteiger partial charge >= 0.3 is 0 Å². The second-order valence-corrected chi connectivity index (χ2v) is 15.3. The van der Waals surface area contributed by atoms with Crippen LogP contribution in [0, 0.1) is 0 Å². The van der Waals surface area contributed by atoms with Crippen LogP contribution in [0.4, 0.5) is 0 Å². The molecule has 0 radical (unpaired) electrons. The lowest BCUT2D eigenvalue weighted by atomic mass is 9.71. The van der Waals surface area contributed by atoms with E-state index in [4.69, 9.17) is 9.97 Å². The van der Waals surface area contributed by atoms with Crippen LogP contribution in [0.1, 0.15) is 75.2 Å². The van der Waals surface area contributed by atoms with Gasteiger partial charge in [0.1, 0.15) is 16.7 Å². The summed E-state index contributed by atoms with van der Waals surface area (Å²) < 4.78 is 4.40. The quantitative estimate of drug-likeness (QED) is 0.195. The minimum absolute atomic E-state index is 0.0314. The molecule has 0 amide bonds. The summed E-state index contributed by atoms with van der Waals surface area (Å²) in [6, 6.07) is 35.6. The first-order valence-electron chi connectivity index (χ1n) is 16.6. The molecule has 47 heavy (non-hydrogen) atoms. The van der Waals surface area contributed by atoms with Crippen LogP contribution >= 0.6 is 0 Å². The maximum Gasteiger partial charge on any atom is 0.144 e. The topological polar surface area (TPSA) is 34.6 Å². The van der Waals surface area contributed by atoms with Gasteiger partial charge in [0.25, 0.3) is 0 Å². The summed E-state index contributed by atoms with van der Waals surface area (Å²) in [6.07, 6.45) is 8.78. The number of hydrogen-bond donors (Lipinski definition) is 0. The van der Waals surface area contributed by atoms with Gasteiger partial charge in [-0.3, -0.25) is 0 Å². The number of nitrogens with zero attached hydrogens (tertiary/aromatic N) is 4. The summed E-state index contributed by atoms with van der Waals surface area (Å²) in [5.74, 6) is 0. The molecule has 0 N–H and O–H groups in total. The van der Waals surface area contributed by atoms with Gasteiger partial charge in [0.2, 0.25) is 0 Å². The third-order valence-corrected chi connectivity index (χ3v) is 10.3. The lowest BCUT2D eigenvalue weighted by Crippen LogP contribution is -2.30. The van der Waals surface area contributed by atoms with Crippen LogP contribution in [0.15, 0.2) is 122 Å². The standard InChI is InChI=1S/C43H38N4/c1-41(2,3)29-15-17-33-34-18-16-30(42(4,5)6)24-36(34)43(35(33)23-29,37-25-46-21-19-27-11-7-9-13-31(27)39(46)44-37)38-26-47-22-20-28-12-8-10-14-32(28)40(47)45-38/h7-26H,1-6H3. The van der Waals surface area contributed by atoms with Crippen molar-refractivity contribution in [2.24, 2.45) is 0 Å². The molecule has 1 aliphatic rings. The molecule has 9 rings (SSSR count). The van der Waals surface area contributed by atoms with Gasteiger partial charge in [0, 0.05) is 35.6 Å². The molecule has 0 fully saturated rings. The van der Waals surface area contributed by atoms with E-state index in [1.165, 1.54) is 44.2 Å². The lowest BCUT2D eigenvalue weighted by Gasteiger charge is -2.31. The molecule has 1 aliphatic carbocycles. The van der Waals surface area contributed by atoms with Crippen LogP contribution in [-0.2, 0) is 16.2 Å². The SMILES string of the molecule is CC(C)(C)c1ccc2c(c1)C(c1cn3ccc4ccccc4c3n1)(c1cn3ccc4ccccc4c3n1)c1cc(C(C)(C)C)ccc1-2. The van der Waals surface area contributed by atoms with Crippen molar-refractivity contribution in [3.8, 4) is 11.1 Å². The molecule has 0 unspecified atom stereocenters. The zero-order valence-corrected chi connectivity index (χ0v) is 27.8. The molecule has 0 bridgehead atoms. The largest absolute Gasteiger partial charge is 0.306 e. The van der Waals surface area contributed by atoms with Gasteiger partial charge in [-0.25, -0.2) is 9.97 Å². The highest BCUT2D eigenvalue weighted by Gasteiger charge is 2.50. The molecule has 4 aromatic carbocycles.